The average Bonchev–Trinajstić information content (AvgIpc) is 2.93. The zero-order valence-corrected chi connectivity index (χ0v) is 10.3. The van der Waals surface area contributed by atoms with Gasteiger partial charge in [-0.1, -0.05) is 36.4 Å². The fraction of sp³-hybridized carbons (Fsp3) is 0.133. The molecule has 0 amide bonds. The maximum atomic E-state index is 11.6. The van der Waals surface area contributed by atoms with E-state index < -0.39 is 5.97 Å². The highest BCUT2D eigenvalue weighted by Gasteiger charge is 2.11. The summed E-state index contributed by atoms with van der Waals surface area (Å²) >= 11 is 0. The SMILES string of the molecule is O=C(OCC=Cc1ccccc1)c1ccc(CO)o1. The Labute approximate surface area is 110 Å². The monoisotopic (exact) mass is 258 g/mol. The molecule has 0 aliphatic heterocycles. The van der Waals surface area contributed by atoms with Crippen LogP contribution in [0.1, 0.15) is 21.9 Å². The Morgan fingerprint density at radius 1 is 1.21 bits per heavy atom. The van der Waals surface area contributed by atoms with Gasteiger partial charge < -0.3 is 14.3 Å². The number of carbonyl (C=O) groups excluding carboxylic acids is 1. The van der Waals surface area contributed by atoms with Gasteiger partial charge in [0.05, 0.1) is 0 Å². The van der Waals surface area contributed by atoms with Gasteiger partial charge in [-0.25, -0.2) is 4.79 Å². The van der Waals surface area contributed by atoms with Crippen LogP contribution in [0, 0.1) is 0 Å². The lowest BCUT2D eigenvalue weighted by Gasteiger charge is -1.98. The minimum absolute atomic E-state index is 0.0946. The van der Waals surface area contributed by atoms with Crippen molar-refractivity contribution in [3.05, 3.63) is 65.6 Å². The third-order valence-corrected chi connectivity index (χ3v) is 2.44. The van der Waals surface area contributed by atoms with Gasteiger partial charge in [-0.2, -0.15) is 0 Å². The Hall–Kier alpha value is -2.33. The van der Waals surface area contributed by atoms with Crippen molar-refractivity contribution in [2.45, 2.75) is 6.61 Å². The molecular formula is C15H14O4. The number of esters is 1. The molecule has 2 aromatic rings. The first-order chi connectivity index (χ1) is 9.29. The predicted molar refractivity (Wildman–Crippen MR) is 70.4 cm³/mol. The molecule has 1 aromatic heterocycles. The number of benzene rings is 1. The standard InChI is InChI=1S/C15H14O4/c16-11-13-8-9-14(19-13)15(17)18-10-4-7-12-5-2-1-3-6-12/h1-9,16H,10-11H2. The van der Waals surface area contributed by atoms with Gasteiger partial charge in [-0.05, 0) is 23.8 Å². The smallest absolute Gasteiger partial charge is 0.374 e. The molecule has 0 radical (unpaired) electrons. The van der Waals surface area contributed by atoms with Gasteiger partial charge in [0.2, 0.25) is 5.76 Å². The van der Waals surface area contributed by atoms with Crippen molar-refractivity contribution in [2.24, 2.45) is 0 Å². The number of hydrogen-bond acceptors (Lipinski definition) is 4. The Morgan fingerprint density at radius 3 is 2.68 bits per heavy atom. The first-order valence-corrected chi connectivity index (χ1v) is 5.88. The second kappa shape index (κ2) is 6.56. The van der Waals surface area contributed by atoms with Gasteiger partial charge in [-0.15, -0.1) is 0 Å². The van der Waals surface area contributed by atoms with Gasteiger partial charge in [-0.3, -0.25) is 0 Å². The zero-order valence-electron chi connectivity index (χ0n) is 10.3. The third-order valence-electron chi connectivity index (χ3n) is 2.44. The summed E-state index contributed by atoms with van der Waals surface area (Å²) in [7, 11) is 0. The van der Waals surface area contributed by atoms with Crippen LogP contribution in [0.5, 0.6) is 0 Å². The zero-order chi connectivity index (χ0) is 13.5. The summed E-state index contributed by atoms with van der Waals surface area (Å²) in [5.41, 5.74) is 1.04. The van der Waals surface area contributed by atoms with Crippen LogP contribution in [0.3, 0.4) is 0 Å². The van der Waals surface area contributed by atoms with Crippen LogP contribution >= 0.6 is 0 Å². The summed E-state index contributed by atoms with van der Waals surface area (Å²) in [5.74, 6) is -0.110. The molecule has 0 unspecified atom stereocenters. The highest BCUT2D eigenvalue weighted by Crippen LogP contribution is 2.09. The summed E-state index contributed by atoms with van der Waals surface area (Å²) in [5, 5.41) is 8.82. The maximum absolute atomic E-state index is 11.6. The number of aliphatic hydroxyl groups is 1. The quantitative estimate of drug-likeness (QED) is 0.837. The van der Waals surface area contributed by atoms with Crippen molar-refractivity contribution >= 4 is 12.0 Å². The van der Waals surface area contributed by atoms with E-state index in [9.17, 15) is 4.79 Å². The molecule has 0 bridgehead atoms. The van der Waals surface area contributed by atoms with Crippen LogP contribution in [0.4, 0.5) is 0 Å². The van der Waals surface area contributed by atoms with Crippen LogP contribution in [0.2, 0.25) is 0 Å². The highest BCUT2D eigenvalue weighted by molar-refractivity contribution is 5.86. The van der Waals surface area contributed by atoms with E-state index in [0.29, 0.717) is 5.76 Å². The molecule has 1 heterocycles. The molecule has 4 nitrogen and oxygen atoms in total. The molecule has 2 rings (SSSR count). The highest BCUT2D eigenvalue weighted by atomic mass is 16.5. The molecular weight excluding hydrogens is 244 g/mol. The van der Waals surface area contributed by atoms with E-state index in [2.05, 4.69) is 0 Å². The molecule has 1 aromatic carbocycles. The first kappa shape index (κ1) is 13.1. The molecule has 0 saturated carbocycles. The van der Waals surface area contributed by atoms with Gasteiger partial charge in [0.25, 0.3) is 0 Å². The average molecular weight is 258 g/mol. The molecule has 1 N–H and O–H groups in total. The van der Waals surface area contributed by atoms with E-state index in [1.807, 2.05) is 36.4 Å². The van der Waals surface area contributed by atoms with E-state index in [4.69, 9.17) is 14.3 Å². The number of rotatable bonds is 5. The lowest BCUT2D eigenvalue weighted by Crippen LogP contribution is -2.03. The number of hydrogen-bond donors (Lipinski definition) is 1. The van der Waals surface area contributed by atoms with E-state index >= 15 is 0 Å². The maximum Gasteiger partial charge on any atom is 0.374 e. The molecule has 0 spiro atoms. The lowest BCUT2D eigenvalue weighted by molar-refractivity contribution is 0.0509. The van der Waals surface area contributed by atoms with Crippen molar-refractivity contribution in [3.63, 3.8) is 0 Å². The van der Waals surface area contributed by atoms with E-state index in [-0.39, 0.29) is 19.0 Å². The topological polar surface area (TPSA) is 59.7 Å². The Morgan fingerprint density at radius 2 is 2.00 bits per heavy atom. The van der Waals surface area contributed by atoms with Crippen molar-refractivity contribution in [1.29, 1.82) is 0 Å². The largest absolute Gasteiger partial charge is 0.456 e. The predicted octanol–water partition coefficient (Wildman–Crippen LogP) is 2.64. The van der Waals surface area contributed by atoms with Crippen molar-refractivity contribution in [3.8, 4) is 0 Å². The van der Waals surface area contributed by atoms with E-state index in [0.717, 1.165) is 5.56 Å². The summed E-state index contributed by atoms with van der Waals surface area (Å²) in [6.45, 7) is -0.0654. The molecule has 0 fully saturated rings. The minimum atomic E-state index is -0.544. The van der Waals surface area contributed by atoms with Gasteiger partial charge in [0.15, 0.2) is 0 Å². The van der Waals surface area contributed by atoms with Crippen molar-refractivity contribution < 1.29 is 19.1 Å². The molecule has 0 aliphatic rings. The van der Waals surface area contributed by atoms with Crippen LogP contribution in [-0.2, 0) is 11.3 Å². The normalized spacial score (nSPS) is 10.8. The number of ether oxygens (including phenoxy) is 1. The van der Waals surface area contributed by atoms with E-state index in [1.165, 1.54) is 12.1 Å². The number of furan rings is 1. The lowest BCUT2D eigenvalue weighted by atomic mass is 10.2. The Balaban J connectivity index is 1.82. The van der Waals surface area contributed by atoms with Crippen LogP contribution in [0.15, 0.2) is 53.0 Å². The second-order valence-corrected chi connectivity index (χ2v) is 3.84. The summed E-state index contributed by atoms with van der Waals surface area (Å²) in [6.07, 6.45) is 3.62. The third kappa shape index (κ3) is 3.82. The summed E-state index contributed by atoms with van der Waals surface area (Å²) < 4.78 is 10.1. The fourth-order valence-electron chi connectivity index (χ4n) is 1.52. The molecule has 0 saturated heterocycles. The van der Waals surface area contributed by atoms with E-state index in [1.54, 1.807) is 6.08 Å². The Bertz CT molecular complexity index is 555. The van der Waals surface area contributed by atoms with Crippen molar-refractivity contribution in [1.82, 2.24) is 0 Å². The number of aliphatic hydroxyl groups excluding tert-OH is 1. The number of carbonyl (C=O) groups is 1. The van der Waals surface area contributed by atoms with Crippen LogP contribution in [0.25, 0.3) is 6.08 Å². The second-order valence-electron chi connectivity index (χ2n) is 3.84. The molecule has 4 heteroatoms. The van der Waals surface area contributed by atoms with Gasteiger partial charge in [0, 0.05) is 0 Å². The molecule has 0 atom stereocenters. The Kier molecular flexibility index (Phi) is 4.53. The van der Waals surface area contributed by atoms with Gasteiger partial charge in [0.1, 0.15) is 19.0 Å². The van der Waals surface area contributed by atoms with Gasteiger partial charge >= 0.3 is 5.97 Å². The minimum Gasteiger partial charge on any atom is -0.456 e. The van der Waals surface area contributed by atoms with Crippen molar-refractivity contribution in [2.75, 3.05) is 6.61 Å². The van der Waals surface area contributed by atoms with Crippen LogP contribution in [-0.4, -0.2) is 17.7 Å². The summed E-state index contributed by atoms with van der Waals surface area (Å²) in [6, 6.07) is 12.7. The van der Waals surface area contributed by atoms with Crippen LogP contribution < -0.4 is 0 Å². The summed E-state index contributed by atoms with van der Waals surface area (Å²) in [4.78, 5) is 11.6. The molecule has 19 heavy (non-hydrogen) atoms. The first-order valence-electron chi connectivity index (χ1n) is 5.88. The molecule has 98 valence electrons. The fourth-order valence-corrected chi connectivity index (χ4v) is 1.52. The molecule has 0 aliphatic carbocycles.